The summed E-state index contributed by atoms with van der Waals surface area (Å²) in [7, 11) is 2.95. The van der Waals surface area contributed by atoms with E-state index in [0.717, 1.165) is 0 Å². The number of benzene rings is 2. The molecule has 0 radical (unpaired) electrons. The molecular formula is C19H25ClN2O5S. The molecule has 2 aromatic rings. The van der Waals surface area contributed by atoms with Crippen LogP contribution in [0.15, 0.2) is 35.2 Å². The summed E-state index contributed by atoms with van der Waals surface area (Å²) >= 11 is 6.15. The van der Waals surface area contributed by atoms with E-state index < -0.39 is 10.0 Å². The molecular weight excluding hydrogens is 404 g/mol. The van der Waals surface area contributed by atoms with Crippen LogP contribution in [-0.2, 0) is 10.0 Å². The standard InChI is InChI=1S/C19H25ClN2O5S/c1-13-10-17(25-4)18(26-5)12-19(13)28(23,24)21-14-6-7-15(20)16(11-14)27-9-8-22(2)3/h6-7,10-12,21H,8-9H2,1-5H3. The number of hydrogen-bond donors (Lipinski definition) is 1. The van der Waals surface area contributed by atoms with Crippen molar-refractivity contribution in [3.8, 4) is 17.2 Å². The molecule has 0 amide bonds. The van der Waals surface area contributed by atoms with E-state index in [-0.39, 0.29) is 4.90 Å². The number of anilines is 1. The first-order valence-electron chi connectivity index (χ1n) is 8.50. The van der Waals surface area contributed by atoms with E-state index in [4.69, 9.17) is 25.8 Å². The molecule has 0 aliphatic rings. The van der Waals surface area contributed by atoms with Crippen molar-refractivity contribution in [2.75, 3.05) is 46.2 Å². The van der Waals surface area contributed by atoms with Gasteiger partial charge in [-0.3, -0.25) is 4.72 Å². The number of methoxy groups -OCH3 is 2. The van der Waals surface area contributed by atoms with Crippen LogP contribution in [0.1, 0.15) is 5.56 Å². The second-order valence-corrected chi connectivity index (χ2v) is 8.43. The number of nitrogens with one attached hydrogen (secondary N) is 1. The van der Waals surface area contributed by atoms with Crippen molar-refractivity contribution < 1.29 is 22.6 Å². The van der Waals surface area contributed by atoms with Crippen molar-refractivity contribution in [2.45, 2.75) is 11.8 Å². The second kappa shape index (κ2) is 9.36. The largest absolute Gasteiger partial charge is 0.493 e. The minimum Gasteiger partial charge on any atom is -0.493 e. The van der Waals surface area contributed by atoms with Gasteiger partial charge in [0.2, 0.25) is 0 Å². The molecule has 1 N–H and O–H groups in total. The number of rotatable bonds is 9. The molecule has 0 atom stereocenters. The molecule has 0 fully saturated rings. The molecule has 0 saturated heterocycles. The van der Waals surface area contributed by atoms with Crippen LogP contribution in [0.5, 0.6) is 17.2 Å². The molecule has 0 aliphatic heterocycles. The van der Waals surface area contributed by atoms with Gasteiger partial charge in [-0.15, -0.1) is 0 Å². The molecule has 9 heteroatoms. The van der Waals surface area contributed by atoms with Gasteiger partial charge in [-0.1, -0.05) is 11.6 Å². The van der Waals surface area contributed by atoms with Crippen LogP contribution < -0.4 is 18.9 Å². The number of ether oxygens (including phenoxy) is 3. The molecule has 2 rings (SSSR count). The second-order valence-electron chi connectivity index (χ2n) is 6.38. The third-order valence-electron chi connectivity index (χ3n) is 3.95. The normalized spacial score (nSPS) is 11.4. The van der Waals surface area contributed by atoms with Crippen LogP contribution in [-0.4, -0.2) is 54.8 Å². The number of hydrogen-bond acceptors (Lipinski definition) is 6. The lowest BCUT2D eigenvalue weighted by Crippen LogP contribution is -2.19. The van der Waals surface area contributed by atoms with Gasteiger partial charge in [-0.05, 0) is 44.8 Å². The lowest BCUT2D eigenvalue weighted by atomic mass is 10.2. The maximum absolute atomic E-state index is 12.9. The summed E-state index contributed by atoms with van der Waals surface area (Å²) in [5.41, 5.74) is 0.875. The summed E-state index contributed by atoms with van der Waals surface area (Å²) in [6.07, 6.45) is 0. The monoisotopic (exact) mass is 428 g/mol. The predicted octanol–water partition coefficient (Wildman–Crippen LogP) is 3.41. The molecule has 0 unspecified atom stereocenters. The van der Waals surface area contributed by atoms with E-state index in [1.165, 1.54) is 20.3 Å². The Hall–Kier alpha value is -2.16. The van der Waals surface area contributed by atoms with E-state index >= 15 is 0 Å². The van der Waals surface area contributed by atoms with Gasteiger partial charge < -0.3 is 19.1 Å². The highest BCUT2D eigenvalue weighted by molar-refractivity contribution is 7.92. The molecule has 0 aliphatic carbocycles. The lowest BCUT2D eigenvalue weighted by molar-refractivity contribution is 0.261. The summed E-state index contributed by atoms with van der Waals surface area (Å²) in [6.45, 7) is 2.82. The third-order valence-corrected chi connectivity index (χ3v) is 5.79. The maximum Gasteiger partial charge on any atom is 0.262 e. The molecule has 154 valence electrons. The number of nitrogens with zero attached hydrogens (tertiary/aromatic N) is 1. The van der Waals surface area contributed by atoms with Crippen molar-refractivity contribution in [1.29, 1.82) is 0 Å². The highest BCUT2D eigenvalue weighted by Gasteiger charge is 2.21. The molecule has 28 heavy (non-hydrogen) atoms. The van der Waals surface area contributed by atoms with Crippen LogP contribution in [0.2, 0.25) is 5.02 Å². The van der Waals surface area contributed by atoms with Crippen LogP contribution in [0.25, 0.3) is 0 Å². The minimum absolute atomic E-state index is 0.0928. The van der Waals surface area contributed by atoms with Gasteiger partial charge in [-0.2, -0.15) is 0 Å². The van der Waals surface area contributed by atoms with Crippen LogP contribution in [0, 0.1) is 6.92 Å². The first-order chi connectivity index (χ1) is 13.2. The summed E-state index contributed by atoms with van der Waals surface area (Å²) in [5, 5.41) is 0.406. The Balaban J connectivity index is 2.29. The zero-order valence-electron chi connectivity index (χ0n) is 16.6. The molecule has 0 bridgehead atoms. The lowest BCUT2D eigenvalue weighted by Gasteiger charge is -2.16. The number of sulfonamides is 1. The Labute approximate surface area is 171 Å². The third kappa shape index (κ3) is 5.43. The van der Waals surface area contributed by atoms with E-state index in [1.807, 2.05) is 19.0 Å². The van der Waals surface area contributed by atoms with E-state index in [9.17, 15) is 8.42 Å². The summed E-state index contributed by atoms with van der Waals surface area (Å²) in [5.74, 6) is 1.20. The molecule has 2 aromatic carbocycles. The molecule has 0 aromatic heterocycles. The van der Waals surface area contributed by atoms with E-state index in [2.05, 4.69) is 4.72 Å². The summed E-state index contributed by atoms with van der Waals surface area (Å²) in [4.78, 5) is 2.07. The Bertz CT molecular complexity index is 932. The summed E-state index contributed by atoms with van der Waals surface area (Å²) < 4.78 is 44.4. The van der Waals surface area contributed by atoms with Crippen molar-refractivity contribution in [3.05, 3.63) is 40.9 Å². The molecule has 0 saturated carbocycles. The van der Waals surface area contributed by atoms with Crippen molar-refractivity contribution in [3.63, 3.8) is 0 Å². The average Bonchev–Trinajstić information content (AvgIpc) is 2.63. The van der Waals surface area contributed by atoms with Gasteiger partial charge >= 0.3 is 0 Å². The smallest absolute Gasteiger partial charge is 0.262 e. The highest BCUT2D eigenvalue weighted by Crippen LogP contribution is 2.34. The Morgan fingerprint density at radius 1 is 1.04 bits per heavy atom. The number of halogens is 1. The number of aryl methyl sites for hydroxylation is 1. The zero-order valence-corrected chi connectivity index (χ0v) is 18.1. The van der Waals surface area contributed by atoms with Crippen LogP contribution in [0.3, 0.4) is 0 Å². The Morgan fingerprint density at radius 3 is 2.29 bits per heavy atom. The van der Waals surface area contributed by atoms with E-state index in [1.54, 1.807) is 31.2 Å². The van der Waals surface area contributed by atoms with Gasteiger partial charge in [0.25, 0.3) is 10.0 Å². The van der Waals surface area contributed by atoms with Gasteiger partial charge in [0.05, 0.1) is 29.8 Å². The highest BCUT2D eigenvalue weighted by atomic mass is 35.5. The first kappa shape index (κ1) is 22.1. The Morgan fingerprint density at radius 2 is 1.68 bits per heavy atom. The maximum atomic E-state index is 12.9. The summed E-state index contributed by atoms with van der Waals surface area (Å²) in [6, 6.07) is 7.78. The van der Waals surface area contributed by atoms with Gasteiger partial charge in [0.15, 0.2) is 11.5 Å². The fraction of sp³-hybridized carbons (Fsp3) is 0.368. The number of likely N-dealkylation sites (N-methyl/N-ethyl adjacent to an activating group) is 1. The quantitative estimate of drug-likeness (QED) is 0.659. The van der Waals surface area contributed by atoms with Gasteiger partial charge in [-0.25, -0.2) is 8.42 Å². The van der Waals surface area contributed by atoms with Crippen molar-refractivity contribution >= 4 is 27.3 Å². The molecule has 0 spiro atoms. The average molecular weight is 429 g/mol. The first-order valence-corrected chi connectivity index (χ1v) is 10.4. The SMILES string of the molecule is COc1cc(C)c(S(=O)(=O)Nc2ccc(Cl)c(OCCN(C)C)c2)cc1OC. The topological polar surface area (TPSA) is 77.1 Å². The van der Waals surface area contributed by atoms with Crippen molar-refractivity contribution in [1.82, 2.24) is 4.90 Å². The van der Waals surface area contributed by atoms with Gasteiger partial charge in [0, 0.05) is 18.7 Å². The fourth-order valence-corrected chi connectivity index (χ4v) is 3.94. The minimum atomic E-state index is -3.86. The molecule has 0 heterocycles. The van der Waals surface area contributed by atoms with E-state index in [0.29, 0.717) is 46.7 Å². The predicted molar refractivity (Wildman–Crippen MR) is 111 cm³/mol. The molecule has 7 nitrogen and oxygen atoms in total. The van der Waals surface area contributed by atoms with Gasteiger partial charge in [0.1, 0.15) is 12.4 Å². The van der Waals surface area contributed by atoms with Crippen LogP contribution in [0.4, 0.5) is 5.69 Å². The van der Waals surface area contributed by atoms with Crippen molar-refractivity contribution in [2.24, 2.45) is 0 Å². The zero-order chi connectivity index (χ0) is 20.9. The Kier molecular flexibility index (Phi) is 7.40. The fourth-order valence-electron chi connectivity index (χ4n) is 2.48. The van der Waals surface area contributed by atoms with Crippen LogP contribution >= 0.6 is 11.6 Å².